The average molecular weight is 236 g/mol. The van der Waals surface area contributed by atoms with Crippen molar-refractivity contribution in [3.63, 3.8) is 0 Å². The van der Waals surface area contributed by atoms with Crippen LogP contribution in [0.1, 0.15) is 25.7 Å². The largest absolute Gasteiger partial charge is 0.349 e. The number of hydrogen-bond acceptors (Lipinski definition) is 3. The highest BCUT2D eigenvalue weighted by Crippen LogP contribution is 2.41. The fraction of sp³-hybridized carbons (Fsp3) is 0.500. The Kier molecular flexibility index (Phi) is 2.36. The van der Waals surface area contributed by atoms with Gasteiger partial charge in [-0.1, -0.05) is 23.8 Å². The van der Waals surface area contributed by atoms with E-state index in [9.17, 15) is 0 Å². The van der Waals surface area contributed by atoms with Crippen LogP contribution in [0.4, 0.5) is 5.82 Å². The van der Waals surface area contributed by atoms with E-state index in [1.807, 2.05) is 0 Å². The monoisotopic (exact) mass is 235 g/mol. The molecular weight excluding hydrogens is 222 g/mol. The first-order valence-corrected chi connectivity index (χ1v) is 6.04. The van der Waals surface area contributed by atoms with Crippen molar-refractivity contribution in [3.05, 3.63) is 29.7 Å². The quantitative estimate of drug-likeness (QED) is 0.701. The van der Waals surface area contributed by atoms with Crippen LogP contribution in [0, 0.1) is 0 Å². The molecule has 0 aromatic carbocycles. The van der Waals surface area contributed by atoms with Crippen molar-refractivity contribution in [1.29, 1.82) is 0 Å². The van der Waals surface area contributed by atoms with E-state index in [-0.39, 0.29) is 0 Å². The molecule has 1 aromatic rings. The minimum absolute atomic E-state index is 0.540. The van der Waals surface area contributed by atoms with Gasteiger partial charge >= 0.3 is 0 Å². The molecule has 3 heterocycles. The number of aromatic nitrogens is 2. The maximum Gasteiger partial charge on any atom is 0.151 e. The fourth-order valence-corrected chi connectivity index (χ4v) is 3.16. The summed E-state index contributed by atoms with van der Waals surface area (Å²) >= 11 is 6.16. The first-order chi connectivity index (χ1) is 7.75. The Morgan fingerprint density at radius 3 is 2.62 bits per heavy atom. The number of nitrogens with zero attached hydrogens (tertiary/aromatic N) is 3. The highest BCUT2D eigenvalue weighted by atomic mass is 35.5. The zero-order chi connectivity index (χ0) is 11.1. The van der Waals surface area contributed by atoms with Crippen LogP contribution in [0.3, 0.4) is 0 Å². The summed E-state index contributed by atoms with van der Waals surface area (Å²) in [5.74, 6) is 0.900. The second kappa shape index (κ2) is 3.74. The third-order valence-electron chi connectivity index (χ3n) is 3.56. The standard InChI is InChI=1S/C12H14ClN3/c1-8-4-9-2-3-10(5-8)16(9)12-11(13)6-14-7-15-12/h6-7,9-10H,1-5H2. The Hall–Kier alpha value is -1.09. The maximum atomic E-state index is 6.16. The molecule has 1 aromatic heterocycles. The van der Waals surface area contributed by atoms with E-state index >= 15 is 0 Å². The van der Waals surface area contributed by atoms with E-state index < -0.39 is 0 Å². The minimum atomic E-state index is 0.540. The molecule has 2 bridgehead atoms. The molecule has 0 saturated carbocycles. The smallest absolute Gasteiger partial charge is 0.151 e. The van der Waals surface area contributed by atoms with Gasteiger partial charge in [0.1, 0.15) is 11.3 Å². The van der Waals surface area contributed by atoms with E-state index in [2.05, 4.69) is 21.4 Å². The van der Waals surface area contributed by atoms with Crippen LogP contribution in [0.15, 0.2) is 24.7 Å². The first kappa shape index (κ1) is 10.1. The lowest BCUT2D eigenvalue weighted by molar-refractivity contribution is 0.545. The van der Waals surface area contributed by atoms with Gasteiger partial charge in [-0.15, -0.1) is 0 Å². The average Bonchev–Trinajstić information content (AvgIpc) is 2.53. The summed E-state index contributed by atoms with van der Waals surface area (Å²) in [5, 5.41) is 0.659. The minimum Gasteiger partial charge on any atom is -0.349 e. The lowest BCUT2D eigenvalue weighted by atomic mass is 9.98. The molecule has 2 aliphatic heterocycles. The Morgan fingerprint density at radius 1 is 1.31 bits per heavy atom. The Bertz CT molecular complexity index is 416. The molecule has 2 atom stereocenters. The van der Waals surface area contributed by atoms with Crippen LogP contribution in [-0.2, 0) is 0 Å². The number of fused-ring (bicyclic) bond motifs is 2. The summed E-state index contributed by atoms with van der Waals surface area (Å²) in [4.78, 5) is 10.6. The van der Waals surface area contributed by atoms with Gasteiger partial charge in [0.05, 0.1) is 6.20 Å². The van der Waals surface area contributed by atoms with Crippen molar-refractivity contribution in [2.24, 2.45) is 0 Å². The molecule has 0 amide bonds. The van der Waals surface area contributed by atoms with E-state index in [4.69, 9.17) is 11.6 Å². The molecule has 4 heteroatoms. The van der Waals surface area contributed by atoms with Gasteiger partial charge in [-0.3, -0.25) is 0 Å². The van der Waals surface area contributed by atoms with Gasteiger partial charge in [0, 0.05) is 12.1 Å². The van der Waals surface area contributed by atoms with Crippen LogP contribution >= 0.6 is 11.6 Å². The molecule has 0 radical (unpaired) electrons. The van der Waals surface area contributed by atoms with Crippen LogP contribution < -0.4 is 4.90 Å². The topological polar surface area (TPSA) is 29.0 Å². The molecule has 2 unspecified atom stereocenters. The maximum absolute atomic E-state index is 6.16. The van der Waals surface area contributed by atoms with E-state index in [0.717, 1.165) is 18.7 Å². The molecule has 0 N–H and O–H groups in total. The SMILES string of the molecule is C=C1CC2CCC(C1)N2c1ncncc1Cl. The van der Waals surface area contributed by atoms with Crippen LogP contribution in [0.5, 0.6) is 0 Å². The van der Waals surface area contributed by atoms with Crippen molar-refractivity contribution < 1.29 is 0 Å². The van der Waals surface area contributed by atoms with Gasteiger partial charge in [0.15, 0.2) is 5.82 Å². The fourth-order valence-electron chi connectivity index (χ4n) is 2.95. The molecule has 2 aliphatic rings. The highest BCUT2D eigenvalue weighted by molar-refractivity contribution is 6.32. The first-order valence-electron chi connectivity index (χ1n) is 5.66. The van der Waals surface area contributed by atoms with Gasteiger partial charge in [-0.25, -0.2) is 9.97 Å². The normalized spacial score (nSPS) is 28.6. The summed E-state index contributed by atoms with van der Waals surface area (Å²) < 4.78 is 0. The molecule has 2 saturated heterocycles. The zero-order valence-electron chi connectivity index (χ0n) is 9.06. The van der Waals surface area contributed by atoms with Crippen LogP contribution in [-0.4, -0.2) is 22.1 Å². The van der Waals surface area contributed by atoms with Gasteiger partial charge in [-0.2, -0.15) is 0 Å². The number of hydrogen-bond donors (Lipinski definition) is 0. The van der Waals surface area contributed by atoms with Crippen molar-refractivity contribution >= 4 is 17.4 Å². The predicted octanol–water partition coefficient (Wildman–Crippen LogP) is 2.82. The summed E-state index contributed by atoms with van der Waals surface area (Å²) in [6.45, 7) is 4.11. The van der Waals surface area contributed by atoms with Crippen molar-refractivity contribution in [3.8, 4) is 0 Å². The molecule has 3 nitrogen and oxygen atoms in total. The number of anilines is 1. The molecule has 3 rings (SSSR count). The molecule has 16 heavy (non-hydrogen) atoms. The van der Waals surface area contributed by atoms with Crippen molar-refractivity contribution in [2.45, 2.75) is 37.8 Å². The van der Waals surface area contributed by atoms with Crippen molar-refractivity contribution in [1.82, 2.24) is 9.97 Å². The molecule has 0 aliphatic carbocycles. The third kappa shape index (κ3) is 1.50. The summed E-state index contributed by atoms with van der Waals surface area (Å²) in [5.41, 5.74) is 1.37. The number of rotatable bonds is 1. The summed E-state index contributed by atoms with van der Waals surface area (Å²) in [6, 6.07) is 1.08. The van der Waals surface area contributed by atoms with Crippen molar-refractivity contribution in [2.75, 3.05) is 4.90 Å². The van der Waals surface area contributed by atoms with Crippen LogP contribution in [0.25, 0.3) is 0 Å². The van der Waals surface area contributed by atoms with E-state index in [1.54, 1.807) is 12.5 Å². The second-order valence-corrected chi connectivity index (χ2v) is 5.05. The van der Waals surface area contributed by atoms with Gasteiger partial charge < -0.3 is 4.90 Å². The lowest BCUT2D eigenvalue weighted by Crippen LogP contribution is -2.41. The van der Waals surface area contributed by atoms with Gasteiger partial charge in [0.2, 0.25) is 0 Å². The predicted molar refractivity (Wildman–Crippen MR) is 64.7 cm³/mol. The third-order valence-corrected chi connectivity index (χ3v) is 3.83. The molecule has 2 fully saturated rings. The molecular formula is C12H14ClN3. The van der Waals surface area contributed by atoms with Crippen LogP contribution in [0.2, 0.25) is 5.02 Å². The zero-order valence-corrected chi connectivity index (χ0v) is 9.82. The Balaban J connectivity index is 1.97. The van der Waals surface area contributed by atoms with Gasteiger partial charge in [0.25, 0.3) is 0 Å². The molecule has 84 valence electrons. The Labute approximate surface area is 100 Å². The number of halogens is 1. The highest BCUT2D eigenvalue weighted by Gasteiger charge is 2.39. The van der Waals surface area contributed by atoms with E-state index in [0.29, 0.717) is 17.1 Å². The molecule has 0 spiro atoms. The van der Waals surface area contributed by atoms with E-state index in [1.165, 1.54) is 18.4 Å². The summed E-state index contributed by atoms with van der Waals surface area (Å²) in [7, 11) is 0. The number of piperidine rings is 1. The Morgan fingerprint density at radius 2 is 2.00 bits per heavy atom. The second-order valence-electron chi connectivity index (χ2n) is 4.64. The lowest BCUT2D eigenvalue weighted by Gasteiger charge is -2.37. The summed E-state index contributed by atoms with van der Waals surface area (Å²) in [6.07, 6.45) is 7.86. The van der Waals surface area contributed by atoms with Gasteiger partial charge in [-0.05, 0) is 25.7 Å².